The number of rotatable bonds is 5. The van der Waals surface area contributed by atoms with Gasteiger partial charge in [-0.2, -0.15) is 4.31 Å². The van der Waals surface area contributed by atoms with E-state index in [1.165, 1.54) is 22.5 Å². The minimum atomic E-state index is -3.60. The Morgan fingerprint density at radius 1 is 0.939 bits per heavy atom. The maximum absolute atomic E-state index is 14.0. The number of nitrogens with zero attached hydrogens (tertiary/aromatic N) is 2. The van der Waals surface area contributed by atoms with Crippen molar-refractivity contribution in [1.82, 2.24) is 4.31 Å². The van der Waals surface area contributed by atoms with Gasteiger partial charge in [0.15, 0.2) is 0 Å². The molecule has 0 radical (unpaired) electrons. The minimum Gasteiger partial charge on any atom is -0.366 e. The highest BCUT2D eigenvalue weighted by Crippen LogP contribution is 2.35. The van der Waals surface area contributed by atoms with Crippen LogP contribution in [0.1, 0.15) is 15.9 Å². The van der Waals surface area contributed by atoms with Crippen molar-refractivity contribution in [1.29, 1.82) is 0 Å². The first-order chi connectivity index (χ1) is 15.8. The summed E-state index contributed by atoms with van der Waals surface area (Å²) in [7, 11) is -3.60. The second kappa shape index (κ2) is 9.51. The molecule has 1 saturated heterocycles. The lowest BCUT2D eigenvalue weighted by atomic mass is 10.1. The number of para-hydroxylation sites is 1. The maximum Gasteiger partial charge on any atom is 0.258 e. The Labute approximate surface area is 197 Å². The molecule has 0 aliphatic carbocycles. The van der Waals surface area contributed by atoms with Gasteiger partial charge in [-0.3, -0.25) is 4.79 Å². The first-order valence-electron chi connectivity index (χ1n) is 10.4. The normalized spacial score (nSPS) is 14.8. The number of anilines is 2. The van der Waals surface area contributed by atoms with Gasteiger partial charge in [-0.25, -0.2) is 12.8 Å². The molecule has 1 aliphatic rings. The fourth-order valence-corrected chi connectivity index (χ4v) is 5.50. The summed E-state index contributed by atoms with van der Waals surface area (Å²) in [4.78, 5) is 14.8. The Balaban J connectivity index is 1.52. The molecule has 0 aromatic heterocycles. The molecule has 0 bridgehead atoms. The van der Waals surface area contributed by atoms with E-state index in [4.69, 9.17) is 11.6 Å². The molecule has 1 amide bonds. The highest BCUT2D eigenvalue weighted by Gasteiger charge is 2.30. The first-order valence-corrected chi connectivity index (χ1v) is 12.3. The van der Waals surface area contributed by atoms with Crippen molar-refractivity contribution < 1.29 is 17.6 Å². The monoisotopic (exact) mass is 487 g/mol. The quantitative estimate of drug-likeness (QED) is 0.573. The maximum atomic E-state index is 14.0. The van der Waals surface area contributed by atoms with Gasteiger partial charge in [0.05, 0.1) is 26.9 Å². The van der Waals surface area contributed by atoms with Crippen molar-refractivity contribution in [3.63, 3.8) is 0 Å². The van der Waals surface area contributed by atoms with Crippen LogP contribution >= 0.6 is 11.6 Å². The lowest BCUT2D eigenvalue weighted by Crippen LogP contribution is -2.49. The third-order valence-corrected chi connectivity index (χ3v) is 7.78. The largest absolute Gasteiger partial charge is 0.366 e. The van der Waals surface area contributed by atoms with E-state index in [9.17, 15) is 17.6 Å². The zero-order valence-corrected chi connectivity index (χ0v) is 19.5. The average molecular weight is 488 g/mol. The lowest BCUT2D eigenvalue weighted by molar-refractivity contribution is 0.102. The van der Waals surface area contributed by atoms with E-state index >= 15 is 0 Å². The Morgan fingerprint density at radius 2 is 1.61 bits per heavy atom. The molecular weight excluding hydrogens is 465 g/mol. The number of carbonyl (C=O) groups is 1. The van der Waals surface area contributed by atoms with Gasteiger partial charge in [0.25, 0.3) is 5.91 Å². The van der Waals surface area contributed by atoms with Gasteiger partial charge in [-0.1, -0.05) is 47.5 Å². The number of hydrogen-bond acceptors (Lipinski definition) is 4. The van der Waals surface area contributed by atoms with Crippen molar-refractivity contribution in [3.05, 3.63) is 88.7 Å². The molecule has 0 spiro atoms. The van der Waals surface area contributed by atoms with E-state index in [1.807, 2.05) is 11.8 Å². The van der Waals surface area contributed by atoms with Crippen LogP contribution in [0.5, 0.6) is 0 Å². The molecule has 0 atom stereocenters. The summed E-state index contributed by atoms with van der Waals surface area (Å²) in [5.41, 5.74) is 1.93. The van der Waals surface area contributed by atoms with Crippen LogP contribution in [0.15, 0.2) is 71.6 Å². The number of halogens is 2. The average Bonchev–Trinajstić information content (AvgIpc) is 2.80. The highest BCUT2D eigenvalue weighted by molar-refractivity contribution is 7.89. The van der Waals surface area contributed by atoms with Crippen molar-refractivity contribution in [2.75, 3.05) is 36.4 Å². The third kappa shape index (κ3) is 4.88. The van der Waals surface area contributed by atoms with Crippen LogP contribution in [0.3, 0.4) is 0 Å². The topological polar surface area (TPSA) is 69.7 Å². The van der Waals surface area contributed by atoms with E-state index in [0.717, 1.165) is 5.56 Å². The molecule has 172 valence electrons. The van der Waals surface area contributed by atoms with E-state index in [-0.39, 0.29) is 23.5 Å². The predicted octanol–water partition coefficient (Wildman–Crippen LogP) is 4.55. The Bertz CT molecular complexity index is 1270. The number of benzene rings is 3. The number of sulfonamides is 1. The summed E-state index contributed by atoms with van der Waals surface area (Å²) in [5, 5.41) is 3.15. The minimum absolute atomic E-state index is 0.0718. The van der Waals surface area contributed by atoms with Crippen LogP contribution in [0, 0.1) is 12.7 Å². The van der Waals surface area contributed by atoms with Gasteiger partial charge in [0.2, 0.25) is 10.0 Å². The number of hydrogen-bond donors (Lipinski definition) is 1. The summed E-state index contributed by atoms with van der Waals surface area (Å²) in [5.74, 6) is -1.20. The molecule has 33 heavy (non-hydrogen) atoms. The second-order valence-corrected chi connectivity index (χ2v) is 10.1. The van der Waals surface area contributed by atoms with Crippen LogP contribution in [0.4, 0.5) is 15.8 Å². The van der Waals surface area contributed by atoms with Crippen LogP contribution in [0.25, 0.3) is 0 Å². The van der Waals surface area contributed by atoms with Crippen LogP contribution in [-0.4, -0.2) is 44.8 Å². The van der Waals surface area contributed by atoms with Crippen molar-refractivity contribution >= 4 is 38.9 Å². The van der Waals surface area contributed by atoms with E-state index < -0.39 is 21.7 Å². The van der Waals surface area contributed by atoms with Crippen LogP contribution < -0.4 is 10.2 Å². The molecule has 0 saturated carbocycles. The molecular formula is C24H23ClFN3O3S. The molecule has 9 heteroatoms. The van der Waals surface area contributed by atoms with Crippen molar-refractivity contribution in [3.8, 4) is 0 Å². The van der Waals surface area contributed by atoms with Gasteiger partial charge < -0.3 is 10.2 Å². The van der Waals surface area contributed by atoms with Crippen LogP contribution in [0.2, 0.25) is 5.02 Å². The van der Waals surface area contributed by atoms with E-state index in [1.54, 1.807) is 48.5 Å². The second-order valence-electron chi connectivity index (χ2n) is 7.77. The summed E-state index contributed by atoms with van der Waals surface area (Å²) in [6, 6.07) is 17.6. The number of amides is 1. The molecule has 0 unspecified atom stereocenters. The number of aryl methyl sites for hydroxylation is 1. The fourth-order valence-electron chi connectivity index (χ4n) is 3.78. The van der Waals surface area contributed by atoms with Gasteiger partial charge >= 0.3 is 0 Å². The molecule has 1 aliphatic heterocycles. The number of carbonyl (C=O) groups excluding carboxylic acids is 1. The Morgan fingerprint density at radius 3 is 2.27 bits per heavy atom. The van der Waals surface area contributed by atoms with Crippen molar-refractivity contribution in [2.45, 2.75) is 11.8 Å². The van der Waals surface area contributed by atoms with Gasteiger partial charge in [-0.15, -0.1) is 0 Å². The van der Waals surface area contributed by atoms with Gasteiger partial charge in [-0.05, 0) is 43.3 Å². The van der Waals surface area contributed by atoms with E-state index in [0.29, 0.717) is 29.5 Å². The Hall–Kier alpha value is -2.94. The fraction of sp³-hybridized carbons (Fsp3) is 0.208. The molecule has 1 N–H and O–H groups in total. The van der Waals surface area contributed by atoms with Crippen LogP contribution in [-0.2, 0) is 10.0 Å². The summed E-state index contributed by atoms with van der Waals surface area (Å²) >= 11 is 6.46. The molecule has 4 rings (SSSR count). The number of nitrogens with one attached hydrogen (secondary N) is 1. The van der Waals surface area contributed by atoms with E-state index in [2.05, 4.69) is 5.32 Å². The van der Waals surface area contributed by atoms with Crippen molar-refractivity contribution in [2.24, 2.45) is 0 Å². The Kier molecular flexibility index (Phi) is 6.69. The standard InChI is InChI=1S/C24H23ClFN3O3S/c1-17-9-11-18(12-10-17)33(31,32)29-15-13-28(14-16-29)23-20(25)6-4-8-22(23)27-24(30)19-5-2-3-7-21(19)26/h2-12H,13-16H2,1H3,(H,27,30). The summed E-state index contributed by atoms with van der Waals surface area (Å²) < 4.78 is 41.5. The highest BCUT2D eigenvalue weighted by atomic mass is 35.5. The molecule has 1 fully saturated rings. The van der Waals surface area contributed by atoms with Gasteiger partial charge in [0, 0.05) is 26.2 Å². The SMILES string of the molecule is Cc1ccc(S(=O)(=O)N2CCN(c3c(Cl)cccc3NC(=O)c3ccccc3F)CC2)cc1. The zero-order valence-electron chi connectivity index (χ0n) is 18.0. The first kappa shape index (κ1) is 23.2. The van der Waals surface area contributed by atoms with Gasteiger partial charge in [0.1, 0.15) is 5.82 Å². The predicted molar refractivity (Wildman–Crippen MR) is 128 cm³/mol. The molecule has 3 aromatic carbocycles. The summed E-state index contributed by atoms with van der Waals surface area (Å²) in [6.07, 6.45) is 0. The molecule has 1 heterocycles. The zero-order chi connectivity index (χ0) is 23.6. The number of piperazine rings is 1. The summed E-state index contributed by atoms with van der Waals surface area (Å²) in [6.45, 7) is 3.21. The third-order valence-electron chi connectivity index (χ3n) is 5.57. The molecule has 3 aromatic rings. The smallest absolute Gasteiger partial charge is 0.258 e. The molecule has 6 nitrogen and oxygen atoms in total. The lowest BCUT2D eigenvalue weighted by Gasteiger charge is -2.36.